The van der Waals surface area contributed by atoms with E-state index in [2.05, 4.69) is 10.3 Å². The topological polar surface area (TPSA) is 112 Å². The lowest BCUT2D eigenvalue weighted by molar-refractivity contribution is 0.253. The highest BCUT2D eigenvalue weighted by Crippen LogP contribution is 2.29. The molecule has 1 aromatic carbocycles. The maximum atomic E-state index is 11.2. The second-order valence-electron chi connectivity index (χ2n) is 3.10. The van der Waals surface area contributed by atoms with Gasteiger partial charge < -0.3 is 9.79 Å². The molecule has 0 bridgehead atoms. The number of hydrogen-bond acceptors (Lipinski definition) is 4. The third-order valence-corrected chi connectivity index (χ3v) is 3.21. The Balaban J connectivity index is 2.13. The predicted molar refractivity (Wildman–Crippen MR) is 63.8 cm³/mol. The van der Waals surface area contributed by atoms with Crippen LogP contribution < -0.4 is 10.4 Å². The van der Waals surface area contributed by atoms with Gasteiger partial charge in [0.15, 0.2) is 5.13 Å². The van der Waals surface area contributed by atoms with Crippen molar-refractivity contribution in [2.45, 2.75) is 0 Å². The van der Waals surface area contributed by atoms with Crippen molar-refractivity contribution >= 4 is 40.5 Å². The number of hydrogen-bond donors (Lipinski definition) is 4. The normalized spacial score (nSPS) is 11.4. The zero-order valence-corrected chi connectivity index (χ0v) is 10.0. The summed E-state index contributed by atoms with van der Waals surface area (Å²) in [5, 5.41) is 4.02. The van der Waals surface area contributed by atoms with E-state index in [0.717, 1.165) is 4.70 Å². The molecule has 0 atom stereocenters. The first-order valence-corrected chi connectivity index (χ1v) is 6.87. The van der Waals surface area contributed by atoms with Crippen LogP contribution in [-0.2, 0) is 4.57 Å². The van der Waals surface area contributed by atoms with Gasteiger partial charge in [0.05, 0.1) is 10.2 Å². The number of para-hydroxylation sites is 1. The zero-order chi connectivity index (χ0) is 12.5. The van der Waals surface area contributed by atoms with Crippen molar-refractivity contribution in [2.24, 2.45) is 0 Å². The van der Waals surface area contributed by atoms with Gasteiger partial charge in [-0.15, -0.1) is 0 Å². The first-order valence-electron chi connectivity index (χ1n) is 4.44. The average molecular weight is 273 g/mol. The molecule has 2 rings (SSSR count). The van der Waals surface area contributed by atoms with Gasteiger partial charge in [0.2, 0.25) is 0 Å². The van der Waals surface area contributed by atoms with Gasteiger partial charge >= 0.3 is 13.8 Å². The molecule has 17 heavy (non-hydrogen) atoms. The molecule has 0 saturated carbocycles. The number of benzene rings is 1. The van der Waals surface area contributed by atoms with Crippen LogP contribution in [0.3, 0.4) is 0 Å². The molecule has 0 saturated heterocycles. The molecule has 2 aromatic rings. The first-order chi connectivity index (χ1) is 7.94. The largest absolute Gasteiger partial charge is 0.431 e. The maximum absolute atomic E-state index is 11.2. The molecule has 0 fully saturated rings. The van der Waals surface area contributed by atoms with E-state index in [1.807, 2.05) is 18.2 Å². The number of thiazole rings is 1. The second kappa shape index (κ2) is 4.42. The molecule has 0 aliphatic carbocycles. The molecule has 1 aromatic heterocycles. The summed E-state index contributed by atoms with van der Waals surface area (Å²) < 4.78 is 11.4. The van der Waals surface area contributed by atoms with E-state index in [1.165, 1.54) is 16.4 Å². The van der Waals surface area contributed by atoms with Crippen LogP contribution in [0, 0.1) is 0 Å². The van der Waals surface area contributed by atoms with Crippen LogP contribution in [0.2, 0.25) is 0 Å². The second-order valence-corrected chi connectivity index (χ2v) is 5.44. The Morgan fingerprint density at radius 2 is 2.06 bits per heavy atom. The van der Waals surface area contributed by atoms with E-state index >= 15 is 0 Å². The number of anilines is 1. The minimum Gasteiger partial charge on any atom is -0.308 e. The van der Waals surface area contributed by atoms with Gasteiger partial charge in [-0.05, 0) is 12.1 Å². The zero-order valence-electron chi connectivity index (χ0n) is 8.32. The van der Waals surface area contributed by atoms with Gasteiger partial charge in [-0.1, -0.05) is 23.5 Å². The number of rotatable bonds is 2. The molecule has 0 spiro atoms. The first kappa shape index (κ1) is 12.0. The maximum Gasteiger partial charge on any atom is 0.431 e. The lowest BCUT2D eigenvalue weighted by Gasteiger charge is -2.05. The van der Waals surface area contributed by atoms with Crippen molar-refractivity contribution in [3.63, 3.8) is 0 Å². The lowest BCUT2D eigenvalue weighted by Crippen LogP contribution is -2.25. The third-order valence-electron chi connectivity index (χ3n) is 1.76. The lowest BCUT2D eigenvalue weighted by atomic mass is 10.3. The predicted octanol–water partition coefficient (Wildman–Crippen LogP) is 1.51. The van der Waals surface area contributed by atoms with E-state index in [1.54, 1.807) is 6.07 Å². The summed E-state index contributed by atoms with van der Waals surface area (Å²) in [6.45, 7) is 0. The SMILES string of the molecule is O=C(Nc1nc2ccccc2s1)NP(=O)(O)O. The van der Waals surface area contributed by atoms with Gasteiger partial charge in [-0.3, -0.25) is 5.32 Å². The molecule has 1 heterocycles. The van der Waals surface area contributed by atoms with Gasteiger partial charge in [-0.2, -0.15) is 0 Å². The van der Waals surface area contributed by atoms with E-state index in [4.69, 9.17) is 9.79 Å². The van der Waals surface area contributed by atoms with Crippen molar-refractivity contribution < 1.29 is 19.1 Å². The van der Waals surface area contributed by atoms with Gasteiger partial charge in [0, 0.05) is 0 Å². The standard InChI is InChI=1S/C8H8N3O4PS/c12-7(11-16(13,14)15)10-8-9-5-3-1-2-4-6(5)17-8/h1-4H,(H4,9,10,11,12,13,14,15). The Bertz CT molecular complexity index is 575. The Hall–Kier alpha value is -1.47. The fourth-order valence-corrected chi connectivity index (χ4v) is 2.36. The molecule has 7 nitrogen and oxygen atoms in total. The quantitative estimate of drug-likeness (QED) is 0.620. The summed E-state index contributed by atoms with van der Waals surface area (Å²) in [6, 6.07) is 6.26. The summed E-state index contributed by atoms with van der Waals surface area (Å²) in [5.41, 5.74) is 0.712. The van der Waals surface area contributed by atoms with Crippen molar-refractivity contribution in [3.05, 3.63) is 24.3 Å². The number of nitrogens with zero attached hydrogens (tertiary/aromatic N) is 1. The number of urea groups is 1. The van der Waals surface area contributed by atoms with Crippen molar-refractivity contribution in [3.8, 4) is 0 Å². The fourth-order valence-electron chi connectivity index (χ4n) is 1.18. The van der Waals surface area contributed by atoms with Crippen molar-refractivity contribution in [1.29, 1.82) is 0 Å². The van der Waals surface area contributed by atoms with Gasteiger partial charge in [0.25, 0.3) is 0 Å². The van der Waals surface area contributed by atoms with Crippen LogP contribution in [0.5, 0.6) is 0 Å². The minimum atomic E-state index is -4.58. The van der Waals surface area contributed by atoms with E-state index in [0.29, 0.717) is 5.52 Å². The summed E-state index contributed by atoms with van der Waals surface area (Å²) in [4.78, 5) is 32.3. The average Bonchev–Trinajstić information content (AvgIpc) is 2.55. The summed E-state index contributed by atoms with van der Waals surface area (Å²) in [6.07, 6.45) is 0. The van der Waals surface area contributed by atoms with Crippen LogP contribution >= 0.6 is 19.1 Å². The van der Waals surface area contributed by atoms with Gasteiger partial charge in [0.1, 0.15) is 0 Å². The molecule has 0 aliphatic heterocycles. The molecule has 9 heteroatoms. The number of carbonyl (C=O) groups is 1. The molecule has 2 amide bonds. The van der Waals surface area contributed by atoms with Gasteiger partial charge in [-0.25, -0.2) is 19.4 Å². The van der Waals surface area contributed by atoms with Crippen molar-refractivity contribution in [2.75, 3.05) is 5.32 Å². The molecule has 0 radical (unpaired) electrons. The van der Waals surface area contributed by atoms with Crippen LogP contribution in [0.25, 0.3) is 10.2 Å². The van der Waals surface area contributed by atoms with Crippen LogP contribution in [-0.4, -0.2) is 20.8 Å². The number of aromatic nitrogens is 1. The Morgan fingerprint density at radius 1 is 1.35 bits per heavy atom. The Labute approximate surface area is 99.7 Å². The highest BCUT2D eigenvalue weighted by molar-refractivity contribution is 7.50. The molecular formula is C8H8N3O4PS. The highest BCUT2D eigenvalue weighted by Gasteiger charge is 2.17. The number of amides is 2. The molecule has 4 N–H and O–H groups in total. The van der Waals surface area contributed by atoms with E-state index in [9.17, 15) is 9.36 Å². The summed E-state index contributed by atoms with van der Waals surface area (Å²) >= 11 is 1.22. The Kier molecular flexibility index (Phi) is 3.12. The molecule has 90 valence electrons. The monoisotopic (exact) mass is 273 g/mol. The number of fused-ring (bicyclic) bond motifs is 1. The Morgan fingerprint density at radius 3 is 2.71 bits per heavy atom. The van der Waals surface area contributed by atoms with E-state index < -0.39 is 13.8 Å². The highest BCUT2D eigenvalue weighted by atomic mass is 32.1. The number of carbonyl (C=O) groups excluding carboxylic acids is 1. The van der Waals surface area contributed by atoms with Crippen molar-refractivity contribution in [1.82, 2.24) is 10.1 Å². The third kappa shape index (κ3) is 3.24. The summed E-state index contributed by atoms with van der Waals surface area (Å²) in [5.74, 6) is 0. The van der Waals surface area contributed by atoms with Crippen LogP contribution in [0.1, 0.15) is 0 Å². The van der Waals surface area contributed by atoms with Crippen LogP contribution in [0.4, 0.5) is 9.93 Å². The smallest absolute Gasteiger partial charge is 0.308 e. The van der Waals surface area contributed by atoms with Crippen LogP contribution in [0.15, 0.2) is 24.3 Å². The molecular weight excluding hydrogens is 265 g/mol. The molecule has 0 unspecified atom stereocenters. The molecule has 0 aliphatic rings. The van der Waals surface area contributed by atoms with E-state index in [-0.39, 0.29) is 5.13 Å². The minimum absolute atomic E-state index is 0.275. The summed E-state index contributed by atoms with van der Waals surface area (Å²) in [7, 11) is -4.58. The number of nitrogens with one attached hydrogen (secondary N) is 2. The fraction of sp³-hybridized carbons (Fsp3) is 0.